The lowest BCUT2D eigenvalue weighted by atomic mass is 9.92. The second-order valence-electron chi connectivity index (χ2n) is 6.73. The van der Waals surface area contributed by atoms with E-state index in [-0.39, 0.29) is 36.8 Å². The Morgan fingerprint density at radius 1 is 1.07 bits per heavy atom. The molecule has 7 heteroatoms. The van der Waals surface area contributed by atoms with E-state index in [1.54, 1.807) is 6.20 Å². The molecule has 0 bridgehead atoms. The van der Waals surface area contributed by atoms with Crippen LogP contribution >= 0.6 is 24.8 Å². The molecule has 3 rings (SSSR count). The average Bonchev–Trinajstić information content (AvgIpc) is 2.65. The predicted molar refractivity (Wildman–Crippen MR) is 115 cm³/mol. The summed E-state index contributed by atoms with van der Waals surface area (Å²) >= 11 is 0. The van der Waals surface area contributed by atoms with Gasteiger partial charge in [-0.1, -0.05) is 24.3 Å². The Balaban J connectivity index is 0.00000182. The number of rotatable bonds is 6. The van der Waals surface area contributed by atoms with Crippen molar-refractivity contribution in [3.8, 4) is 0 Å². The summed E-state index contributed by atoms with van der Waals surface area (Å²) in [6.07, 6.45) is 7.53. The van der Waals surface area contributed by atoms with E-state index in [1.807, 2.05) is 48.7 Å². The molecule has 0 radical (unpaired) electrons. The van der Waals surface area contributed by atoms with E-state index in [0.717, 1.165) is 36.9 Å². The number of nitrogens with one attached hydrogen (secondary N) is 1. The number of pyridine rings is 1. The average molecular weight is 411 g/mol. The van der Waals surface area contributed by atoms with Crippen LogP contribution in [0.5, 0.6) is 0 Å². The summed E-state index contributed by atoms with van der Waals surface area (Å²) in [6, 6.07) is 14.5. The van der Waals surface area contributed by atoms with Crippen molar-refractivity contribution in [1.82, 2.24) is 10.3 Å². The van der Waals surface area contributed by atoms with Gasteiger partial charge in [-0.15, -0.1) is 24.8 Å². The van der Waals surface area contributed by atoms with Crippen LogP contribution in [0.1, 0.15) is 31.2 Å². The van der Waals surface area contributed by atoms with Crippen molar-refractivity contribution in [2.45, 2.75) is 44.3 Å². The van der Waals surface area contributed by atoms with E-state index in [1.165, 1.54) is 0 Å². The van der Waals surface area contributed by atoms with Crippen molar-refractivity contribution >= 4 is 36.4 Å². The molecule has 148 valence electrons. The second kappa shape index (κ2) is 11.8. The summed E-state index contributed by atoms with van der Waals surface area (Å²) in [6.45, 7) is 0.988. The SMILES string of the molecule is Cl.Cl.NC1CCC(NC(=O)CN(Cc2cccnc2)c2ccccc2)CC1. The number of carbonyl (C=O) groups is 1. The largest absolute Gasteiger partial charge is 0.358 e. The molecule has 3 N–H and O–H groups in total. The van der Waals surface area contributed by atoms with E-state index in [0.29, 0.717) is 19.1 Å². The summed E-state index contributed by atoms with van der Waals surface area (Å²) in [5, 5.41) is 3.17. The van der Waals surface area contributed by atoms with Crippen molar-refractivity contribution in [3.63, 3.8) is 0 Å². The fraction of sp³-hybridized carbons (Fsp3) is 0.400. The smallest absolute Gasteiger partial charge is 0.239 e. The third kappa shape index (κ3) is 7.37. The lowest BCUT2D eigenvalue weighted by Crippen LogP contribution is -2.44. The number of nitrogens with two attached hydrogens (primary N) is 1. The lowest BCUT2D eigenvalue weighted by molar-refractivity contribution is -0.120. The topological polar surface area (TPSA) is 71.2 Å². The van der Waals surface area contributed by atoms with Gasteiger partial charge in [-0.2, -0.15) is 0 Å². The van der Waals surface area contributed by atoms with Gasteiger partial charge in [0.1, 0.15) is 0 Å². The standard InChI is InChI=1S/C20H26N4O.2ClH/c21-17-8-10-18(11-9-17)23-20(25)15-24(19-6-2-1-3-7-19)14-16-5-4-12-22-13-16;;/h1-7,12-13,17-18H,8-11,14-15,21H2,(H,23,25);2*1H. The molecule has 2 aromatic rings. The van der Waals surface area contributed by atoms with Gasteiger partial charge in [0, 0.05) is 36.7 Å². The third-order valence-electron chi connectivity index (χ3n) is 4.69. The first kappa shape index (κ1) is 23.2. The first-order valence-electron chi connectivity index (χ1n) is 8.94. The van der Waals surface area contributed by atoms with Gasteiger partial charge in [-0.25, -0.2) is 0 Å². The highest BCUT2D eigenvalue weighted by molar-refractivity contribution is 5.85. The van der Waals surface area contributed by atoms with Crippen LogP contribution in [0.25, 0.3) is 0 Å². The minimum atomic E-state index is 0. The maximum absolute atomic E-state index is 12.6. The summed E-state index contributed by atoms with van der Waals surface area (Å²) in [5.74, 6) is 0.0632. The lowest BCUT2D eigenvalue weighted by Gasteiger charge is -2.29. The van der Waals surface area contributed by atoms with Gasteiger partial charge in [0.25, 0.3) is 0 Å². The number of hydrogen-bond acceptors (Lipinski definition) is 4. The Morgan fingerprint density at radius 3 is 2.41 bits per heavy atom. The number of aromatic nitrogens is 1. The summed E-state index contributed by atoms with van der Waals surface area (Å²) in [5.41, 5.74) is 8.06. The molecule has 0 unspecified atom stereocenters. The number of para-hydroxylation sites is 1. The van der Waals surface area contributed by atoms with Crippen LogP contribution in [0.3, 0.4) is 0 Å². The normalized spacial score (nSPS) is 18.6. The first-order valence-corrected chi connectivity index (χ1v) is 8.94. The molecule has 0 saturated heterocycles. The fourth-order valence-corrected chi connectivity index (χ4v) is 3.30. The maximum Gasteiger partial charge on any atom is 0.239 e. The van der Waals surface area contributed by atoms with Gasteiger partial charge in [-0.05, 0) is 49.4 Å². The Bertz CT molecular complexity index is 664. The van der Waals surface area contributed by atoms with Crippen molar-refractivity contribution in [3.05, 3.63) is 60.4 Å². The Morgan fingerprint density at radius 2 is 1.78 bits per heavy atom. The molecular weight excluding hydrogens is 383 g/mol. The zero-order valence-electron chi connectivity index (χ0n) is 15.3. The molecule has 27 heavy (non-hydrogen) atoms. The molecule has 0 spiro atoms. The van der Waals surface area contributed by atoms with Crippen molar-refractivity contribution in [2.75, 3.05) is 11.4 Å². The molecule has 1 aliphatic rings. The molecule has 1 amide bonds. The van der Waals surface area contributed by atoms with Crippen molar-refractivity contribution in [1.29, 1.82) is 0 Å². The molecule has 0 aliphatic heterocycles. The highest BCUT2D eigenvalue weighted by atomic mass is 35.5. The van der Waals surface area contributed by atoms with E-state index in [2.05, 4.69) is 15.2 Å². The maximum atomic E-state index is 12.6. The molecule has 1 fully saturated rings. The molecule has 1 aliphatic carbocycles. The number of amides is 1. The Labute approximate surface area is 173 Å². The van der Waals surface area contributed by atoms with Crippen molar-refractivity contribution < 1.29 is 4.79 Å². The zero-order valence-corrected chi connectivity index (χ0v) is 16.9. The van der Waals surface area contributed by atoms with E-state index >= 15 is 0 Å². The van der Waals surface area contributed by atoms with Crippen LogP contribution in [-0.4, -0.2) is 29.5 Å². The van der Waals surface area contributed by atoms with Gasteiger partial charge in [-0.3, -0.25) is 9.78 Å². The molecule has 1 saturated carbocycles. The van der Waals surface area contributed by atoms with Crippen LogP contribution in [0.15, 0.2) is 54.9 Å². The number of benzene rings is 1. The quantitative estimate of drug-likeness (QED) is 0.765. The number of hydrogen-bond donors (Lipinski definition) is 2. The summed E-state index contributed by atoms with van der Waals surface area (Å²) in [7, 11) is 0. The first-order chi connectivity index (χ1) is 12.2. The van der Waals surface area contributed by atoms with E-state index in [9.17, 15) is 4.79 Å². The van der Waals surface area contributed by atoms with Gasteiger partial charge in [0.15, 0.2) is 0 Å². The number of halogens is 2. The van der Waals surface area contributed by atoms with E-state index < -0.39 is 0 Å². The molecule has 1 heterocycles. The van der Waals surface area contributed by atoms with Gasteiger partial charge in [0.2, 0.25) is 5.91 Å². The highest BCUT2D eigenvalue weighted by Gasteiger charge is 2.21. The molecule has 1 aromatic carbocycles. The molecule has 5 nitrogen and oxygen atoms in total. The highest BCUT2D eigenvalue weighted by Crippen LogP contribution is 2.18. The second-order valence-corrected chi connectivity index (χ2v) is 6.73. The van der Waals surface area contributed by atoms with Crippen LogP contribution in [0.2, 0.25) is 0 Å². The monoisotopic (exact) mass is 410 g/mol. The van der Waals surface area contributed by atoms with Crippen molar-refractivity contribution in [2.24, 2.45) is 5.73 Å². The third-order valence-corrected chi connectivity index (χ3v) is 4.69. The van der Waals surface area contributed by atoms with Gasteiger partial charge >= 0.3 is 0 Å². The fourth-order valence-electron chi connectivity index (χ4n) is 3.30. The molecule has 1 aromatic heterocycles. The minimum absolute atomic E-state index is 0. The van der Waals surface area contributed by atoms with Gasteiger partial charge < -0.3 is 16.0 Å². The zero-order chi connectivity index (χ0) is 17.5. The molecule has 0 atom stereocenters. The predicted octanol–water partition coefficient (Wildman–Crippen LogP) is 3.32. The summed E-state index contributed by atoms with van der Waals surface area (Å²) < 4.78 is 0. The number of anilines is 1. The van der Waals surface area contributed by atoms with Crippen LogP contribution in [-0.2, 0) is 11.3 Å². The minimum Gasteiger partial charge on any atom is -0.358 e. The van der Waals surface area contributed by atoms with Crippen LogP contribution in [0.4, 0.5) is 5.69 Å². The van der Waals surface area contributed by atoms with Crippen LogP contribution in [0, 0.1) is 0 Å². The van der Waals surface area contributed by atoms with Crippen LogP contribution < -0.4 is 16.0 Å². The Kier molecular flexibility index (Phi) is 10.1. The van der Waals surface area contributed by atoms with Gasteiger partial charge in [0.05, 0.1) is 6.54 Å². The Hall–Kier alpha value is -1.82. The number of nitrogens with zero attached hydrogens (tertiary/aromatic N) is 2. The molecular formula is C20H28Cl2N4O. The summed E-state index contributed by atoms with van der Waals surface area (Å²) in [4.78, 5) is 18.8. The number of carbonyl (C=O) groups excluding carboxylic acids is 1. The van der Waals surface area contributed by atoms with E-state index in [4.69, 9.17) is 5.73 Å².